The molecule has 0 aliphatic heterocycles. The van der Waals surface area contributed by atoms with E-state index < -0.39 is 17.8 Å². The first-order valence-corrected chi connectivity index (χ1v) is 5.90. The number of nitrogens with zero attached hydrogens (tertiary/aromatic N) is 1. The summed E-state index contributed by atoms with van der Waals surface area (Å²) < 4.78 is 5.28. The second kappa shape index (κ2) is 7.19. The fraction of sp³-hybridized carbons (Fsp3) is 0.333. The summed E-state index contributed by atoms with van der Waals surface area (Å²) in [5.74, 6) is -2.64. The second-order valence-corrected chi connectivity index (χ2v) is 3.81. The van der Waals surface area contributed by atoms with Gasteiger partial charge in [-0.25, -0.2) is 9.78 Å². The molecule has 0 atom stereocenters. The van der Waals surface area contributed by atoms with E-state index in [9.17, 15) is 14.4 Å². The van der Waals surface area contributed by atoms with Gasteiger partial charge in [-0.1, -0.05) is 6.92 Å². The third-order valence-electron chi connectivity index (χ3n) is 2.21. The number of nitrogens with one attached hydrogen (secondary N) is 1. The first-order valence-electron chi connectivity index (χ1n) is 5.90. The van der Waals surface area contributed by atoms with Crippen LogP contribution in [0.25, 0.3) is 0 Å². The van der Waals surface area contributed by atoms with Gasteiger partial charge in [0, 0.05) is 6.20 Å². The summed E-state index contributed by atoms with van der Waals surface area (Å²) in [5.41, 5.74) is 4.81. The molecule has 1 heterocycles. The Morgan fingerprint density at radius 2 is 2.15 bits per heavy atom. The number of hydrogen-bond acceptors (Lipinski definition) is 6. The zero-order chi connectivity index (χ0) is 15.1. The van der Waals surface area contributed by atoms with Crippen LogP contribution in [0.2, 0.25) is 0 Å². The summed E-state index contributed by atoms with van der Waals surface area (Å²) >= 11 is 0. The molecule has 1 rings (SSSR count). The number of carbonyl (C=O) groups excluding carboxylic acids is 2. The van der Waals surface area contributed by atoms with Crippen molar-refractivity contribution in [2.75, 3.05) is 13.2 Å². The largest absolute Gasteiger partial charge is 0.491 e. The molecule has 2 amide bonds. The number of carboxylic acid groups (broad SMARTS) is 1. The van der Waals surface area contributed by atoms with Crippen LogP contribution in [0, 0.1) is 0 Å². The molecule has 0 saturated carbocycles. The molecule has 4 N–H and O–H groups in total. The SMILES string of the molecule is CCCOc1cc(C(=O)O)cnc1C(=O)NC(=O)CN. The first-order chi connectivity index (χ1) is 9.49. The summed E-state index contributed by atoms with van der Waals surface area (Å²) in [7, 11) is 0. The van der Waals surface area contributed by atoms with Gasteiger partial charge in [0.15, 0.2) is 11.4 Å². The van der Waals surface area contributed by atoms with Crippen molar-refractivity contribution in [1.29, 1.82) is 0 Å². The van der Waals surface area contributed by atoms with Crippen LogP contribution in [0.5, 0.6) is 5.75 Å². The lowest BCUT2D eigenvalue weighted by atomic mass is 10.2. The van der Waals surface area contributed by atoms with E-state index in [0.717, 1.165) is 6.20 Å². The van der Waals surface area contributed by atoms with Crippen molar-refractivity contribution in [3.8, 4) is 5.75 Å². The highest BCUT2D eigenvalue weighted by molar-refractivity contribution is 6.05. The Kier molecular flexibility index (Phi) is 5.60. The number of carboxylic acids is 1. The van der Waals surface area contributed by atoms with E-state index in [1.54, 1.807) is 0 Å². The minimum absolute atomic E-state index is 0.00840. The van der Waals surface area contributed by atoms with E-state index >= 15 is 0 Å². The molecular weight excluding hydrogens is 266 g/mol. The Balaban J connectivity index is 3.06. The fourth-order valence-corrected chi connectivity index (χ4v) is 1.29. The fourth-order valence-electron chi connectivity index (χ4n) is 1.29. The predicted octanol–water partition coefficient (Wildman–Crippen LogP) is -0.216. The average molecular weight is 281 g/mol. The highest BCUT2D eigenvalue weighted by Crippen LogP contribution is 2.18. The van der Waals surface area contributed by atoms with Gasteiger partial charge in [0.1, 0.15) is 0 Å². The maximum absolute atomic E-state index is 11.8. The molecule has 0 saturated heterocycles. The summed E-state index contributed by atoms with van der Waals surface area (Å²) in [4.78, 5) is 37.5. The third kappa shape index (κ3) is 4.02. The lowest BCUT2D eigenvalue weighted by molar-refractivity contribution is -0.118. The summed E-state index contributed by atoms with van der Waals surface area (Å²) in [6.07, 6.45) is 1.68. The van der Waals surface area contributed by atoms with Crippen LogP contribution in [0.3, 0.4) is 0 Å². The lowest BCUT2D eigenvalue weighted by Crippen LogP contribution is -2.36. The lowest BCUT2D eigenvalue weighted by Gasteiger charge is -2.10. The van der Waals surface area contributed by atoms with Gasteiger partial charge in [0.25, 0.3) is 5.91 Å². The van der Waals surface area contributed by atoms with Crippen LogP contribution >= 0.6 is 0 Å². The van der Waals surface area contributed by atoms with E-state index in [2.05, 4.69) is 4.98 Å². The highest BCUT2D eigenvalue weighted by Gasteiger charge is 2.18. The van der Waals surface area contributed by atoms with Gasteiger partial charge >= 0.3 is 5.97 Å². The topological polar surface area (TPSA) is 132 Å². The van der Waals surface area contributed by atoms with Crippen molar-refractivity contribution in [2.45, 2.75) is 13.3 Å². The Labute approximate surface area is 114 Å². The molecule has 0 fully saturated rings. The number of pyridine rings is 1. The van der Waals surface area contributed by atoms with Crippen LogP contribution in [0.15, 0.2) is 12.3 Å². The maximum atomic E-state index is 11.8. The summed E-state index contributed by atoms with van der Waals surface area (Å²) in [5, 5.41) is 10.9. The number of nitrogens with two attached hydrogens (primary N) is 1. The number of ether oxygens (including phenoxy) is 1. The predicted molar refractivity (Wildman–Crippen MR) is 68.5 cm³/mol. The number of amides is 2. The van der Waals surface area contributed by atoms with E-state index in [4.69, 9.17) is 15.6 Å². The third-order valence-corrected chi connectivity index (χ3v) is 2.21. The average Bonchev–Trinajstić information content (AvgIpc) is 2.44. The number of aromatic nitrogens is 1. The zero-order valence-corrected chi connectivity index (χ0v) is 10.9. The Morgan fingerprint density at radius 1 is 1.45 bits per heavy atom. The molecule has 1 aromatic rings. The molecule has 20 heavy (non-hydrogen) atoms. The summed E-state index contributed by atoms with van der Waals surface area (Å²) in [6, 6.07) is 1.19. The summed E-state index contributed by atoms with van der Waals surface area (Å²) in [6.45, 7) is 1.80. The van der Waals surface area contributed by atoms with Crippen LogP contribution < -0.4 is 15.8 Å². The molecule has 0 bridgehead atoms. The van der Waals surface area contributed by atoms with Crippen molar-refractivity contribution < 1.29 is 24.2 Å². The second-order valence-electron chi connectivity index (χ2n) is 3.81. The molecular formula is C12H15N3O5. The van der Waals surface area contributed by atoms with Crippen molar-refractivity contribution in [3.63, 3.8) is 0 Å². The molecule has 8 nitrogen and oxygen atoms in total. The van der Waals surface area contributed by atoms with E-state index in [1.165, 1.54) is 6.07 Å². The standard InChI is InChI=1S/C12H15N3O5/c1-2-3-20-8-4-7(12(18)19)6-14-10(8)11(17)15-9(16)5-13/h4,6H,2-3,5,13H2,1H3,(H,18,19)(H,15,16,17). The first kappa shape index (κ1) is 15.6. The van der Waals surface area contributed by atoms with E-state index in [-0.39, 0.29) is 30.2 Å². The zero-order valence-electron chi connectivity index (χ0n) is 10.9. The molecule has 108 valence electrons. The van der Waals surface area contributed by atoms with Gasteiger partial charge in [-0.2, -0.15) is 0 Å². The van der Waals surface area contributed by atoms with Crippen LogP contribution in [-0.2, 0) is 4.79 Å². The number of rotatable bonds is 6. The molecule has 0 radical (unpaired) electrons. The quantitative estimate of drug-likeness (QED) is 0.656. The van der Waals surface area contributed by atoms with E-state index in [1.807, 2.05) is 12.2 Å². The van der Waals surface area contributed by atoms with Gasteiger partial charge in [0.05, 0.1) is 18.7 Å². The number of hydrogen-bond donors (Lipinski definition) is 3. The van der Waals surface area contributed by atoms with Gasteiger partial charge in [0.2, 0.25) is 5.91 Å². The Hall–Kier alpha value is -2.48. The minimum Gasteiger partial charge on any atom is -0.491 e. The molecule has 0 aromatic carbocycles. The highest BCUT2D eigenvalue weighted by atomic mass is 16.5. The van der Waals surface area contributed by atoms with Crippen molar-refractivity contribution >= 4 is 17.8 Å². The van der Waals surface area contributed by atoms with Crippen molar-refractivity contribution in [3.05, 3.63) is 23.5 Å². The van der Waals surface area contributed by atoms with E-state index in [0.29, 0.717) is 6.42 Å². The van der Waals surface area contributed by atoms with Gasteiger partial charge in [-0.05, 0) is 12.5 Å². The van der Waals surface area contributed by atoms with Crippen LogP contribution in [0.4, 0.5) is 0 Å². The molecule has 0 aliphatic rings. The Morgan fingerprint density at radius 3 is 2.70 bits per heavy atom. The molecule has 0 aliphatic carbocycles. The van der Waals surface area contributed by atoms with Gasteiger partial charge in [-0.3, -0.25) is 14.9 Å². The van der Waals surface area contributed by atoms with Gasteiger partial charge in [-0.15, -0.1) is 0 Å². The number of carbonyl (C=O) groups is 3. The molecule has 0 unspecified atom stereocenters. The molecule has 0 spiro atoms. The normalized spacial score (nSPS) is 9.90. The van der Waals surface area contributed by atoms with Crippen molar-refractivity contribution in [2.24, 2.45) is 5.73 Å². The smallest absolute Gasteiger partial charge is 0.337 e. The van der Waals surface area contributed by atoms with Crippen molar-refractivity contribution in [1.82, 2.24) is 10.3 Å². The van der Waals surface area contributed by atoms with Gasteiger partial charge < -0.3 is 15.6 Å². The monoisotopic (exact) mass is 281 g/mol. The maximum Gasteiger partial charge on any atom is 0.337 e. The van der Waals surface area contributed by atoms with Crippen LogP contribution in [0.1, 0.15) is 34.2 Å². The Bertz CT molecular complexity index is 530. The number of aromatic carboxylic acids is 1. The molecule has 8 heteroatoms. The minimum atomic E-state index is -1.19. The molecule has 1 aromatic heterocycles. The number of imide groups is 1. The van der Waals surface area contributed by atoms with Crippen LogP contribution in [-0.4, -0.2) is 41.0 Å².